The summed E-state index contributed by atoms with van der Waals surface area (Å²) >= 11 is 3.39. The number of likely N-dealkylation sites (tertiary alicyclic amines) is 1. The third-order valence-electron chi connectivity index (χ3n) is 4.96. The van der Waals surface area contributed by atoms with Gasteiger partial charge in [0.2, 0.25) is 5.91 Å². The number of nitrogens with zero attached hydrogens (tertiary/aromatic N) is 1. The fraction of sp³-hybridized carbons (Fsp3) is 0.238. The summed E-state index contributed by atoms with van der Waals surface area (Å²) in [4.78, 5) is 36.8. The second-order valence-corrected chi connectivity index (χ2v) is 7.79. The minimum absolute atomic E-state index is 0.117. The van der Waals surface area contributed by atoms with Crippen LogP contribution >= 0.6 is 15.9 Å². The highest BCUT2D eigenvalue weighted by molar-refractivity contribution is 9.10. The summed E-state index contributed by atoms with van der Waals surface area (Å²) in [7, 11) is 0. The number of carbonyl (C=O) groups excluding carboxylic acids is 2. The Kier molecular flexibility index (Phi) is 5.82. The van der Waals surface area contributed by atoms with Gasteiger partial charge in [-0.2, -0.15) is 0 Å². The topological polar surface area (TPSA) is 79.9 Å². The summed E-state index contributed by atoms with van der Waals surface area (Å²) in [6.07, 6.45) is 3.11. The molecule has 1 atom stereocenters. The van der Waals surface area contributed by atoms with Crippen LogP contribution in [0.4, 0.5) is 0 Å². The lowest BCUT2D eigenvalue weighted by Gasteiger charge is -2.24. The van der Waals surface area contributed by atoms with Crippen LogP contribution in [0.3, 0.4) is 0 Å². The van der Waals surface area contributed by atoms with Gasteiger partial charge in [-0.3, -0.25) is 9.59 Å². The number of hydrogen-bond acceptors (Lipinski definition) is 5. The molecule has 0 aliphatic carbocycles. The molecular weight excluding hydrogens is 438 g/mol. The van der Waals surface area contributed by atoms with Gasteiger partial charge in [-0.15, -0.1) is 0 Å². The molecule has 4 rings (SSSR count). The van der Waals surface area contributed by atoms with Gasteiger partial charge >= 0.3 is 0 Å². The van der Waals surface area contributed by atoms with Crippen molar-refractivity contribution in [3.8, 4) is 0 Å². The highest BCUT2D eigenvalue weighted by Crippen LogP contribution is 2.22. The van der Waals surface area contributed by atoms with E-state index in [9.17, 15) is 9.59 Å². The van der Waals surface area contributed by atoms with Crippen molar-refractivity contribution in [2.24, 2.45) is 0 Å². The standard InChI is InChI=1S/C21H20BrN3O4/c22-17-4-1-3-16(11-17)21(27)25-10-2-5-18(25)20(26)23-12-14-6-8-15(9-7-14)19-13-24-29-28-19/h1,3-4,6-9,11,13,18,24H,2,5,10,12H2,(H,23,26). The van der Waals surface area contributed by atoms with Crippen LogP contribution in [-0.2, 0) is 21.2 Å². The lowest BCUT2D eigenvalue weighted by atomic mass is 10.1. The molecule has 2 N–H and O–H groups in total. The van der Waals surface area contributed by atoms with E-state index in [-0.39, 0.29) is 11.8 Å². The first-order valence-electron chi connectivity index (χ1n) is 9.34. The fourth-order valence-electron chi connectivity index (χ4n) is 3.47. The normalized spacial score (nSPS) is 18.0. The first-order valence-corrected chi connectivity index (χ1v) is 10.1. The minimum atomic E-state index is -0.443. The van der Waals surface area contributed by atoms with Crippen LogP contribution in [0.2, 0.25) is 0 Å². The molecule has 7 nitrogen and oxygen atoms in total. The van der Waals surface area contributed by atoms with E-state index in [1.807, 2.05) is 36.4 Å². The predicted molar refractivity (Wildman–Crippen MR) is 110 cm³/mol. The van der Waals surface area contributed by atoms with E-state index >= 15 is 0 Å². The highest BCUT2D eigenvalue weighted by atomic mass is 79.9. The van der Waals surface area contributed by atoms with Crippen LogP contribution in [0, 0.1) is 0 Å². The molecule has 2 aromatic carbocycles. The maximum Gasteiger partial charge on any atom is 0.254 e. The molecule has 0 saturated carbocycles. The van der Waals surface area contributed by atoms with Gasteiger partial charge in [0.25, 0.3) is 5.91 Å². The van der Waals surface area contributed by atoms with E-state index in [0.29, 0.717) is 30.8 Å². The fourth-order valence-corrected chi connectivity index (χ4v) is 3.86. The first-order chi connectivity index (χ1) is 14.1. The van der Waals surface area contributed by atoms with Crippen LogP contribution in [0.25, 0.3) is 5.76 Å². The molecule has 0 bridgehead atoms. The van der Waals surface area contributed by atoms with Crippen molar-refractivity contribution in [3.63, 3.8) is 0 Å². The van der Waals surface area contributed by atoms with Gasteiger partial charge in [-0.05, 0) is 36.6 Å². The third kappa shape index (κ3) is 4.44. The van der Waals surface area contributed by atoms with Gasteiger partial charge < -0.3 is 15.1 Å². The quantitative estimate of drug-likeness (QED) is 0.674. The van der Waals surface area contributed by atoms with Crippen molar-refractivity contribution < 1.29 is 19.5 Å². The van der Waals surface area contributed by atoms with Crippen LogP contribution in [0.15, 0.2) is 59.2 Å². The van der Waals surface area contributed by atoms with Crippen molar-refractivity contribution in [2.45, 2.75) is 25.4 Å². The number of hydroxylamine groups is 1. The predicted octanol–water partition coefficient (Wildman–Crippen LogP) is 3.13. The molecule has 2 heterocycles. The monoisotopic (exact) mass is 457 g/mol. The summed E-state index contributed by atoms with van der Waals surface area (Å²) < 4.78 is 0.841. The van der Waals surface area contributed by atoms with Crippen LogP contribution in [-0.4, -0.2) is 29.3 Å². The van der Waals surface area contributed by atoms with Crippen molar-refractivity contribution >= 4 is 33.5 Å². The van der Waals surface area contributed by atoms with E-state index in [4.69, 9.17) is 4.89 Å². The third-order valence-corrected chi connectivity index (χ3v) is 5.46. The summed E-state index contributed by atoms with van der Waals surface area (Å²) in [6.45, 7) is 0.979. The second-order valence-electron chi connectivity index (χ2n) is 6.87. The van der Waals surface area contributed by atoms with E-state index < -0.39 is 6.04 Å². The Balaban J connectivity index is 1.36. The molecule has 2 aromatic rings. The number of rotatable bonds is 5. The van der Waals surface area contributed by atoms with Gasteiger partial charge in [0.1, 0.15) is 6.04 Å². The SMILES string of the molecule is O=C(NCc1ccc(C2=CNOO2)cc1)C1CCCN1C(=O)c1cccc(Br)c1. The Bertz CT molecular complexity index is 945. The maximum absolute atomic E-state index is 12.8. The number of benzene rings is 2. The van der Waals surface area contributed by atoms with E-state index in [2.05, 4.69) is 31.7 Å². The van der Waals surface area contributed by atoms with E-state index in [1.54, 1.807) is 23.2 Å². The second kappa shape index (κ2) is 8.67. The summed E-state index contributed by atoms with van der Waals surface area (Å²) in [6, 6.07) is 14.4. The van der Waals surface area contributed by atoms with Gasteiger partial charge in [0.05, 0.1) is 6.20 Å². The Morgan fingerprint density at radius 3 is 2.76 bits per heavy atom. The van der Waals surface area contributed by atoms with Crippen LogP contribution in [0.5, 0.6) is 0 Å². The largest absolute Gasteiger partial charge is 0.350 e. The zero-order valence-electron chi connectivity index (χ0n) is 15.6. The lowest BCUT2D eigenvalue weighted by Crippen LogP contribution is -2.45. The summed E-state index contributed by atoms with van der Waals surface area (Å²) in [5, 5.41) is 2.95. The average molecular weight is 458 g/mol. The number of hydrogen-bond donors (Lipinski definition) is 2. The maximum atomic E-state index is 12.8. The molecule has 29 heavy (non-hydrogen) atoms. The first kappa shape index (κ1) is 19.5. The molecule has 0 radical (unpaired) electrons. The van der Waals surface area contributed by atoms with Crippen LogP contribution < -0.4 is 10.8 Å². The van der Waals surface area contributed by atoms with Gasteiger partial charge in [0, 0.05) is 28.7 Å². The molecule has 1 fully saturated rings. The summed E-state index contributed by atoms with van der Waals surface area (Å²) in [5.74, 6) is 0.344. The molecule has 2 aliphatic heterocycles. The number of halogens is 1. The van der Waals surface area contributed by atoms with E-state index in [0.717, 1.165) is 22.0 Å². The Hall–Kier alpha value is -2.84. The molecule has 8 heteroatoms. The van der Waals surface area contributed by atoms with Gasteiger partial charge in [-0.25, -0.2) is 5.48 Å². The highest BCUT2D eigenvalue weighted by Gasteiger charge is 2.34. The summed E-state index contributed by atoms with van der Waals surface area (Å²) in [5.41, 5.74) is 4.91. The Labute approximate surface area is 176 Å². The van der Waals surface area contributed by atoms with E-state index in [1.165, 1.54) is 0 Å². The Morgan fingerprint density at radius 1 is 1.21 bits per heavy atom. The van der Waals surface area contributed by atoms with Crippen molar-refractivity contribution in [3.05, 3.63) is 75.9 Å². The molecule has 1 saturated heterocycles. The van der Waals surface area contributed by atoms with Crippen molar-refractivity contribution in [1.29, 1.82) is 0 Å². The zero-order valence-corrected chi connectivity index (χ0v) is 17.1. The molecule has 150 valence electrons. The molecular formula is C21H20BrN3O4. The van der Waals surface area contributed by atoms with Crippen LogP contribution in [0.1, 0.15) is 34.3 Å². The molecule has 1 unspecified atom stereocenters. The zero-order chi connectivity index (χ0) is 20.2. The minimum Gasteiger partial charge on any atom is -0.350 e. The average Bonchev–Trinajstić information content (AvgIpc) is 3.44. The molecule has 2 aliphatic rings. The number of amides is 2. The Morgan fingerprint density at radius 2 is 2.03 bits per heavy atom. The lowest BCUT2D eigenvalue weighted by molar-refractivity contribution is -0.253. The smallest absolute Gasteiger partial charge is 0.254 e. The van der Waals surface area contributed by atoms with Crippen molar-refractivity contribution in [1.82, 2.24) is 15.7 Å². The van der Waals surface area contributed by atoms with Gasteiger partial charge in [0.15, 0.2) is 5.76 Å². The van der Waals surface area contributed by atoms with Gasteiger partial charge in [-0.1, -0.05) is 51.3 Å². The molecule has 0 aromatic heterocycles. The molecule has 0 spiro atoms. The van der Waals surface area contributed by atoms with Crippen molar-refractivity contribution in [2.75, 3.05) is 6.54 Å². The number of nitrogens with one attached hydrogen (secondary N) is 2. The molecule has 2 amide bonds. The number of carbonyl (C=O) groups is 2.